The van der Waals surface area contributed by atoms with E-state index in [1.165, 1.54) is 31.0 Å². The predicted molar refractivity (Wildman–Crippen MR) is 119 cm³/mol. The van der Waals surface area contributed by atoms with Crippen LogP contribution in [-0.4, -0.2) is 59.1 Å². The maximum Gasteiger partial charge on any atom is 0.303 e. The molecule has 3 rings (SSSR count). The van der Waals surface area contributed by atoms with E-state index in [9.17, 15) is 4.79 Å². The van der Waals surface area contributed by atoms with Crippen LogP contribution in [0.5, 0.6) is 11.5 Å². The normalized spacial score (nSPS) is 21.7. The van der Waals surface area contributed by atoms with E-state index in [2.05, 4.69) is 18.7 Å². The number of thioether (sulfide) groups is 1. The summed E-state index contributed by atoms with van der Waals surface area (Å²) in [4.78, 5) is 15.4. The molecule has 0 aliphatic carbocycles. The molecule has 2 unspecified atom stereocenters. The number of ether oxygens (including phenoxy) is 2. The average molecular weight is 420 g/mol. The summed E-state index contributed by atoms with van der Waals surface area (Å²) in [5, 5.41) is 6.74. The molecule has 6 nitrogen and oxygen atoms in total. The van der Waals surface area contributed by atoms with Gasteiger partial charge in [-0.2, -0.15) is 5.10 Å². The number of nitrogens with zero attached hydrogens (tertiary/aromatic N) is 3. The van der Waals surface area contributed by atoms with Crippen LogP contribution in [0.2, 0.25) is 0 Å². The molecule has 160 valence electrons. The average Bonchev–Trinajstić information content (AvgIpc) is 2.76. The molecule has 1 saturated heterocycles. The zero-order valence-electron chi connectivity index (χ0n) is 18.0. The number of rotatable bonds is 8. The van der Waals surface area contributed by atoms with Gasteiger partial charge in [0, 0.05) is 18.7 Å². The fraction of sp³-hybridized carbons (Fsp3) is 0.636. The monoisotopic (exact) mass is 419 g/mol. The van der Waals surface area contributed by atoms with Crippen LogP contribution < -0.4 is 9.47 Å². The number of benzene rings is 1. The second-order valence-electron chi connectivity index (χ2n) is 7.39. The van der Waals surface area contributed by atoms with Crippen molar-refractivity contribution in [2.45, 2.75) is 64.3 Å². The minimum atomic E-state index is 0.0210. The number of likely N-dealkylation sites (tertiary alicyclic amines) is 1. The largest absolute Gasteiger partial charge is 0.493 e. The van der Waals surface area contributed by atoms with Crippen molar-refractivity contribution < 1.29 is 14.3 Å². The van der Waals surface area contributed by atoms with Crippen LogP contribution in [0.4, 0.5) is 4.79 Å². The first-order valence-corrected chi connectivity index (χ1v) is 11.6. The van der Waals surface area contributed by atoms with Crippen molar-refractivity contribution in [2.75, 3.05) is 26.8 Å². The quantitative estimate of drug-likeness (QED) is 0.596. The summed E-state index contributed by atoms with van der Waals surface area (Å²) in [7, 11) is 1.65. The highest BCUT2D eigenvalue weighted by Crippen LogP contribution is 2.35. The van der Waals surface area contributed by atoms with Gasteiger partial charge in [0.15, 0.2) is 11.5 Å². The van der Waals surface area contributed by atoms with Gasteiger partial charge in [-0.15, -0.1) is 0 Å². The number of hydrogen-bond acceptors (Lipinski definition) is 6. The molecule has 2 aliphatic rings. The lowest BCUT2D eigenvalue weighted by atomic mass is 10.0. The summed E-state index contributed by atoms with van der Waals surface area (Å²) >= 11 is 1.39. The molecule has 0 spiro atoms. The molecule has 2 heterocycles. The lowest BCUT2D eigenvalue weighted by Gasteiger charge is -2.40. The third kappa shape index (κ3) is 4.89. The van der Waals surface area contributed by atoms with Gasteiger partial charge in [-0.05, 0) is 50.8 Å². The Morgan fingerprint density at radius 2 is 1.93 bits per heavy atom. The fourth-order valence-corrected chi connectivity index (χ4v) is 5.04. The first kappa shape index (κ1) is 22.0. The summed E-state index contributed by atoms with van der Waals surface area (Å²) in [6, 6.07) is 5.93. The Morgan fingerprint density at radius 1 is 1.17 bits per heavy atom. The SMILES string of the molecule is CCOc1ccc(C2=NN(C(CC)N3CCCCC3)C(=O)SC2CC)cc1OC. The lowest BCUT2D eigenvalue weighted by molar-refractivity contribution is 0.0575. The molecule has 1 fully saturated rings. The van der Waals surface area contributed by atoms with Crippen molar-refractivity contribution in [2.24, 2.45) is 5.10 Å². The number of carbonyl (C=O) groups excluding carboxylic acids is 1. The summed E-state index contributed by atoms with van der Waals surface area (Å²) in [5.41, 5.74) is 1.92. The number of carbonyl (C=O) groups is 1. The number of methoxy groups -OCH3 is 1. The maximum atomic E-state index is 13.0. The highest BCUT2D eigenvalue weighted by molar-refractivity contribution is 8.14. The number of piperidine rings is 1. The summed E-state index contributed by atoms with van der Waals surface area (Å²) < 4.78 is 11.2. The van der Waals surface area contributed by atoms with E-state index >= 15 is 0 Å². The fourth-order valence-electron chi connectivity index (χ4n) is 4.07. The minimum absolute atomic E-state index is 0.0210. The van der Waals surface area contributed by atoms with Gasteiger partial charge in [-0.1, -0.05) is 32.0 Å². The van der Waals surface area contributed by atoms with E-state index in [4.69, 9.17) is 14.6 Å². The Bertz CT molecular complexity index is 734. The molecule has 0 radical (unpaired) electrons. The van der Waals surface area contributed by atoms with Gasteiger partial charge in [0.2, 0.25) is 0 Å². The highest BCUT2D eigenvalue weighted by atomic mass is 32.2. The predicted octanol–water partition coefficient (Wildman–Crippen LogP) is 4.97. The Morgan fingerprint density at radius 3 is 2.55 bits per heavy atom. The Hall–Kier alpha value is -1.73. The molecule has 0 N–H and O–H groups in total. The molecule has 29 heavy (non-hydrogen) atoms. The Balaban J connectivity index is 1.96. The molecule has 2 atom stereocenters. The van der Waals surface area contributed by atoms with Crippen LogP contribution in [-0.2, 0) is 0 Å². The number of hydrazone groups is 1. The topological polar surface area (TPSA) is 54.4 Å². The molecule has 1 aromatic carbocycles. The zero-order chi connectivity index (χ0) is 20.8. The molecule has 0 saturated carbocycles. The van der Waals surface area contributed by atoms with E-state index in [0.717, 1.165) is 43.0 Å². The van der Waals surface area contributed by atoms with Crippen molar-refractivity contribution in [3.8, 4) is 11.5 Å². The Labute approximate surface area is 178 Å². The van der Waals surface area contributed by atoms with Gasteiger partial charge in [0.1, 0.15) is 6.17 Å². The van der Waals surface area contributed by atoms with Crippen molar-refractivity contribution in [1.82, 2.24) is 9.91 Å². The van der Waals surface area contributed by atoms with Gasteiger partial charge >= 0.3 is 5.24 Å². The van der Waals surface area contributed by atoms with Gasteiger partial charge in [0.25, 0.3) is 0 Å². The summed E-state index contributed by atoms with van der Waals surface area (Å²) in [6.45, 7) is 8.84. The van der Waals surface area contributed by atoms with Crippen LogP contribution in [0.15, 0.2) is 23.3 Å². The van der Waals surface area contributed by atoms with Crippen molar-refractivity contribution in [3.05, 3.63) is 23.8 Å². The number of amides is 1. The van der Waals surface area contributed by atoms with Crippen LogP contribution in [0.1, 0.15) is 58.4 Å². The van der Waals surface area contributed by atoms with E-state index in [-0.39, 0.29) is 16.7 Å². The van der Waals surface area contributed by atoms with Gasteiger partial charge in [-0.3, -0.25) is 9.69 Å². The third-order valence-electron chi connectivity index (χ3n) is 5.54. The molecule has 0 bridgehead atoms. The highest BCUT2D eigenvalue weighted by Gasteiger charge is 2.36. The van der Waals surface area contributed by atoms with Crippen LogP contribution in [0.3, 0.4) is 0 Å². The standard InChI is InChI=1S/C22H33N3O3S/c1-5-19-21(16-11-12-17(28-7-3)18(15-16)27-4)23-25(22(26)29-19)20(6-2)24-13-9-8-10-14-24/h11-12,15,19-20H,5-10,13-14H2,1-4H3. The molecule has 7 heteroatoms. The first-order valence-electron chi connectivity index (χ1n) is 10.8. The minimum Gasteiger partial charge on any atom is -0.493 e. The second kappa shape index (κ2) is 10.3. The van der Waals surface area contributed by atoms with E-state index in [1.54, 1.807) is 12.1 Å². The van der Waals surface area contributed by atoms with Crippen molar-refractivity contribution >= 4 is 22.7 Å². The number of hydrogen-bond donors (Lipinski definition) is 0. The van der Waals surface area contributed by atoms with Crippen LogP contribution >= 0.6 is 11.8 Å². The van der Waals surface area contributed by atoms with Gasteiger partial charge in [-0.25, -0.2) is 5.01 Å². The molecular weight excluding hydrogens is 386 g/mol. The summed E-state index contributed by atoms with van der Waals surface area (Å²) in [6.07, 6.45) is 5.39. The van der Waals surface area contributed by atoms with Crippen molar-refractivity contribution in [3.63, 3.8) is 0 Å². The van der Waals surface area contributed by atoms with E-state index in [1.807, 2.05) is 25.1 Å². The van der Waals surface area contributed by atoms with Crippen LogP contribution in [0.25, 0.3) is 0 Å². The molecule has 1 amide bonds. The van der Waals surface area contributed by atoms with E-state index < -0.39 is 0 Å². The maximum absolute atomic E-state index is 13.0. The molecule has 1 aromatic rings. The lowest BCUT2D eigenvalue weighted by Crippen LogP contribution is -2.51. The van der Waals surface area contributed by atoms with Gasteiger partial charge in [0.05, 0.1) is 24.7 Å². The Kier molecular flexibility index (Phi) is 7.84. The van der Waals surface area contributed by atoms with E-state index in [0.29, 0.717) is 12.4 Å². The molecular formula is C22H33N3O3S. The second-order valence-corrected chi connectivity index (χ2v) is 8.55. The van der Waals surface area contributed by atoms with Crippen molar-refractivity contribution in [1.29, 1.82) is 0 Å². The molecule has 0 aromatic heterocycles. The zero-order valence-corrected chi connectivity index (χ0v) is 18.8. The summed E-state index contributed by atoms with van der Waals surface area (Å²) in [5.74, 6) is 1.42. The smallest absolute Gasteiger partial charge is 0.303 e. The third-order valence-corrected chi connectivity index (χ3v) is 6.77. The first-order chi connectivity index (χ1) is 14.1. The van der Waals surface area contributed by atoms with Gasteiger partial charge < -0.3 is 9.47 Å². The van der Waals surface area contributed by atoms with Crippen LogP contribution in [0, 0.1) is 0 Å². The molecule has 2 aliphatic heterocycles.